The first-order chi connectivity index (χ1) is 7.27. The van der Waals surface area contributed by atoms with Gasteiger partial charge in [0.05, 0.1) is 0 Å². The monoisotopic (exact) mass is 209 g/mol. The molecule has 0 fully saturated rings. The van der Waals surface area contributed by atoms with Crippen molar-refractivity contribution in [3.05, 3.63) is 42.2 Å². The Kier molecular flexibility index (Phi) is 4.84. The predicted octanol–water partition coefficient (Wildman–Crippen LogP) is 2.50. The molecule has 1 N–H and O–H groups in total. The van der Waals surface area contributed by atoms with Crippen molar-refractivity contribution < 1.29 is 9.13 Å². The maximum atomic E-state index is 13.4. The van der Waals surface area contributed by atoms with Crippen molar-refractivity contribution in [2.75, 3.05) is 13.2 Å². The number of hydrogen-bond acceptors (Lipinski definition) is 2. The summed E-state index contributed by atoms with van der Waals surface area (Å²) in [5.74, 6) is -0.0533. The number of rotatable bonds is 6. The van der Waals surface area contributed by atoms with Gasteiger partial charge in [-0.15, -0.1) is 0 Å². The van der Waals surface area contributed by atoms with Crippen LogP contribution >= 0.6 is 0 Å². The van der Waals surface area contributed by atoms with Gasteiger partial charge < -0.3 is 10.1 Å². The third kappa shape index (κ3) is 3.72. The molecule has 3 heteroatoms. The Morgan fingerprint density at radius 3 is 2.93 bits per heavy atom. The number of hydrogen-bond donors (Lipinski definition) is 1. The smallest absolute Gasteiger partial charge is 0.165 e. The fourth-order valence-electron chi connectivity index (χ4n) is 1.19. The molecule has 0 saturated carbocycles. The molecule has 1 aromatic carbocycles. The summed E-state index contributed by atoms with van der Waals surface area (Å²) in [6.45, 7) is 7.39. The molecule has 0 atom stereocenters. The predicted molar refractivity (Wildman–Crippen MR) is 59.5 cm³/mol. The Bertz CT molecular complexity index is 325. The second kappa shape index (κ2) is 6.19. The van der Waals surface area contributed by atoms with E-state index in [1.807, 2.05) is 13.0 Å². The number of halogens is 1. The zero-order valence-electron chi connectivity index (χ0n) is 8.92. The van der Waals surface area contributed by atoms with Crippen molar-refractivity contribution in [1.82, 2.24) is 5.32 Å². The largest absolute Gasteiger partial charge is 0.486 e. The highest BCUT2D eigenvalue weighted by molar-refractivity contribution is 5.29. The van der Waals surface area contributed by atoms with Crippen LogP contribution < -0.4 is 10.1 Å². The molecule has 0 aliphatic rings. The number of ether oxygens (including phenoxy) is 1. The van der Waals surface area contributed by atoms with Crippen LogP contribution in [-0.2, 0) is 6.54 Å². The Morgan fingerprint density at radius 2 is 2.33 bits per heavy atom. The molecular weight excluding hydrogens is 193 g/mol. The summed E-state index contributed by atoms with van der Waals surface area (Å²) in [4.78, 5) is 0. The lowest BCUT2D eigenvalue weighted by molar-refractivity contribution is 0.341. The standard InChI is InChI=1S/C12H16FNO/c1-3-7-15-12-6-5-10(8-11(12)13)9-14-4-2/h3,5-6,8,14H,1,4,7,9H2,2H3. The van der Waals surface area contributed by atoms with E-state index in [4.69, 9.17) is 4.74 Å². The van der Waals surface area contributed by atoms with Crippen LogP contribution in [0.2, 0.25) is 0 Å². The molecule has 0 spiro atoms. The fraction of sp³-hybridized carbons (Fsp3) is 0.333. The van der Waals surface area contributed by atoms with Gasteiger partial charge in [0, 0.05) is 6.54 Å². The molecule has 1 rings (SSSR count). The average molecular weight is 209 g/mol. The summed E-state index contributed by atoms with van der Waals surface area (Å²) in [6.07, 6.45) is 1.59. The zero-order chi connectivity index (χ0) is 11.1. The molecule has 0 unspecified atom stereocenters. The topological polar surface area (TPSA) is 21.3 Å². The van der Waals surface area contributed by atoms with Crippen LogP contribution in [0.4, 0.5) is 4.39 Å². The second-order valence-corrected chi connectivity index (χ2v) is 3.14. The quantitative estimate of drug-likeness (QED) is 0.727. The molecular formula is C12H16FNO. The lowest BCUT2D eigenvalue weighted by Gasteiger charge is -2.07. The van der Waals surface area contributed by atoms with Gasteiger partial charge in [0.25, 0.3) is 0 Å². The maximum Gasteiger partial charge on any atom is 0.165 e. The normalized spacial score (nSPS) is 10.0. The zero-order valence-corrected chi connectivity index (χ0v) is 8.92. The molecule has 0 saturated heterocycles. The van der Waals surface area contributed by atoms with E-state index in [0.717, 1.165) is 12.1 Å². The van der Waals surface area contributed by atoms with Crippen LogP contribution in [0.15, 0.2) is 30.9 Å². The van der Waals surface area contributed by atoms with Crippen molar-refractivity contribution in [1.29, 1.82) is 0 Å². The Balaban J connectivity index is 2.65. The third-order valence-corrected chi connectivity index (χ3v) is 1.93. The minimum Gasteiger partial charge on any atom is -0.486 e. The molecule has 0 amide bonds. The van der Waals surface area contributed by atoms with Gasteiger partial charge in [0.1, 0.15) is 6.61 Å². The lowest BCUT2D eigenvalue weighted by atomic mass is 10.2. The van der Waals surface area contributed by atoms with Crippen LogP contribution in [0, 0.1) is 5.82 Å². The van der Waals surface area contributed by atoms with E-state index in [9.17, 15) is 4.39 Å². The van der Waals surface area contributed by atoms with Gasteiger partial charge in [-0.1, -0.05) is 25.6 Å². The Morgan fingerprint density at radius 1 is 1.53 bits per heavy atom. The van der Waals surface area contributed by atoms with E-state index >= 15 is 0 Å². The SMILES string of the molecule is C=CCOc1ccc(CNCC)cc1F. The molecule has 0 aromatic heterocycles. The van der Waals surface area contributed by atoms with Crippen molar-refractivity contribution in [2.24, 2.45) is 0 Å². The van der Waals surface area contributed by atoms with E-state index in [1.54, 1.807) is 12.1 Å². The van der Waals surface area contributed by atoms with Crippen LogP contribution in [-0.4, -0.2) is 13.2 Å². The minimum absolute atomic E-state index is 0.273. The van der Waals surface area contributed by atoms with E-state index in [-0.39, 0.29) is 11.6 Å². The lowest BCUT2D eigenvalue weighted by Crippen LogP contribution is -2.11. The third-order valence-electron chi connectivity index (χ3n) is 1.93. The molecule has 2 nitrogen and oxygen atoms in total. The molecule has 0 aliphatic heterocycles. The Hall–Kier alpha value is -1.35. The average Bonchev–Trinajstić information content (AvgIpc) is 2.25. The summed E-state index contributed by atoms with van der Waals surface area (Å²) in [5, 5.41) is 3.13. The van der Waals surface area contributed by atoms with Crippen molar-refractivity contribution in [3.63, 3.8) is 0 Å². The summed E-state index contributed by atoms with van der Waals surface area (Å²) in [6, 6.07) is 4.98. The van der Waals surface area contributed by atoms with Crippen LogP contribution in [0.1, 0.15) is 12.5 Å². The van der Waals surface area contributed by atoms with Gasteiger partial charge in [-0.3, -0.25) is 0 Å². The second-order valence-electron chi connectivity index (χ2n) is 3.14. The highest BCUT2D eigenvalue weighted by Crippen LogP contribution is 2.18. The molecule has 0 bridgehead atoms. The molecule has 0 radical (unpaired) electrons. The van der Waals surface area contributed by atoms with Crippen molar-refractivity contribution in [3.8, 4) is 5.75 Å². The number of nitrogens with one attached hydrogen (secondary N) is 1. The van der Waals surface area contributed by atoms with Gasteiger partial charge in [-0.25, -0.2) is 4.39 Å². The number of benzene rings is 1. The van der Waals surface area contributed by atoms with Crippen molar-refractivity contribution in [2.45, 2.75) is 13.5 Å². The molecule has 82 valence electrons. The maximum absolute atomic E-state index is 13.4. The molecule has 0 heterocycles. The fourth-order valence-corrected chi connectivity index (χ4v) is 1.19. The summed E-state index contributed by atoms with van der Waals surface area (Å²) in [7, 11) is 0. The van der Waals surface area contributed by atoms with Gasteiger partial charge >= 0.3 is 0 Å². The van der Waals surface area contributed by atoms with E-state index in [0.29, 0.717) is 13.2 Å². The minimum atomic E-state index is -0.327. The van der Waals surface area contributed by atoms with Gasteiger partial charge in [-0.05, 0) is 24.2 Å². The summed E-state index contributed by atoms with van der Waals surface area (Å²) < 4.78 is 18.5. The summed E-state index contributed by atoms with van der Waals surface area (Å²) in [5.41, 5.74) is 0.917. The molecule has 1 aromatic rings. The molecule has 15 heavy (non-hydrogen) atoms. The van der Waals surface area contributed by atoms with Gasteiger partial charge in [-0.2, -0.15) is 0 Å². The first-order valence-electron chi connectivity index (χ1n) is 5.00. The first kappa shape index (κ1) is 11.7. The summed E-state index contributed by atoms with van der Waals surface area (Å²) >= 11 is 0. The van der Waals surface area contributed by atoms with Crippen molar-refractivity contribution >= 4 is 0 Å². The van der Waals surface area contributed by atoms with Gasteiger partial charge in [0.2, 0.25) is 0 Å². The van der Waals surface area contributed by atoms with E-state index < -0.39 is 0 Å². The highest BCUT2D eigenvalue weighted by atomic mass is 19.1. The highest BCUT2D eigenvalue weighted by Gasteiger charge is 2.03. The molecule has 0 aliphatic carbocycles. The first-order valence-corrected chi connectivity index (χ1v) is 5.00. The Labute approximate surface area is 89.8 Å². The van der Waals surface area contributed by atoms with Gasteiger partial charge in [0.15, 0.2) is 11.6 Å². The van der Waals surface area contributed by atoms with E-state index in [1.165, 1.54) is 6.07 Å². The van der Waals surface area contributed by atoms with Crippen LogP contribution in [0.25, 0.3) is 0 Å². The van der Waals surface area contributed by atoms with E-state index in [2.05, 4.69) is 11.9 Å². The van der Waals surface area contributed by atoms with Crippen LogP contribution in [0.5, 0.6) is 5.75 Å². The van der Waals surface area contributed by atoms with Crippen LogP contribution in [0.3, 0.4) is 0 Å².